The SMILES string of the molecule is FC(F)(F)CCOc1ccc2ccnn2c1C1CC1. The number of ether oxygens (including phenoxy) is 1. The van der Waals surface area contributed by atoms with Crippen molar-refractivity contribution in [3.8, 4) is 5.75 Å². The van der Waals surface area contributed by atoms with E-state index in [1.807, 2.05) is 12.1 Å². The Morgan fingerprint density at radius 2 is 2.05 bits per heavy atom. The molecule has 0 N–H and O–H groups in total. The van der Waals surface area contributed by atoms with Gasteiger partial charge in [-0.2, -0.15) is 18.3 Å². The number of fused-ring (bicyclic) bond motifs is 1. The molecular weight excluding hydrogens is 257 g/mol. The van der Waals surface area contributed by atoms with E-state index in [-0.39, 0.29) is 6.61 Å². The number of rotatable bonds is 4. The van der Waals surface area contributed by atoms with Crippen molar-refractivity contribution in [3.05, 3.63) is 30.1 Å². The zero-order valence-electron chi connectivity index (χ0n) is 10.2. The lowest BCUT2D eigenvalue weighted by atomic mass is 10.2. The van der Waals surface area contributed by atoms with Crippen molar-refractivity contribution in [3.63, 3.8) is 0 Å². The molecule has 1 aliphatic rings. The summed E-state index contributed by atoms with van der Waals surface area (Å²) < 4.78 is 43.5. The number of hydrogen-bond acceptors (Lipinski definition) is 2. The minimum atomic E-state index is -4.18. The van der Waals surface area contributed by atoms with Crippen LogP contribution in [0.4, 0.5) is 13.2 Å². The third-order valence-corrected chi connectivity index (χ3v) is 3.17. The Bertz CT molecular complexity index is 587. The van der Waals surface area contributed by atoms with E-state index >= 15 is 0 Å². The van der Waals surface area contributed by atoms with E-state index in [1.165, 1.54) is 0 Å². The third-order valence-electron chi connectivity index (χ3n) is 3.17. The normalized spacial score (nSPS) is 15.9. The molecule has 102 valence electrons. The van der Waals surface area contributed by atoms with Crippen molar-refractivity contribution in [2.24, 2.45) is 0 Å². The van der Waals surface area contributed by atoms with Gasteiger partial charge in [-0.05, 0) is 31.0 Å². The summed E-state index contributed by atoms with van der Waals surface area (Å²) >= 11 is 0. The smallest absolute Gasteiger partial charge is 0.392 e. The van der Waals surface area contributed by atoms with Crippen molar-refractivity contribution in [1.29, 1.82) is 0 Å². The van der Waals surface area contributed by atoms with Crippen LogP contribution in [0.2, 0.25) is 0 Å². The summed E-state index contributed by atoms with van der Waals surface area (Å²) in [7, 11) is 0. The lowest BCUT2D eigenvalue weighted by molar-refractivity contribution is -0.139. The van der Waals surface area contributed by atoms with Crippen LogP contribution in [0, 0.1) is 0 Å². The maximum absolute atomic E-state index is 12.1. The molecule has 19 heavy (non-hydrogen) atoms. The van der Waals surface area contributed by atoms with Gasteiger partial charge in [0.1, 0.15) is 5.75 Å². The monoisotopic (exact) mass is 270 g/mol. The molecule has 2 aromatic rings. The maximum Gasteiger partial charge on any atom is 0.392 e. The first-order chi connectivity index (χ1) is 9.04. The van der Waals surface area contributed by atoms with Crippen molar-refractivity contribution in [1.82, 2.24) is 9.61 Å². The molecule has 0 aromatic carbocycles. The Labute approximate surface area is 108 Å². The first-order valence-corrected chi connectivity index (χ1v) is 6.21. The molecule has 0 aliphatic heterocycles. The third kappa shape index (κ3) is 2.67. The lowest BCUT2D eigenvalue weighted by Gasteiger charge is -2.13. The molecule has 0 saturated heterocycles. The Morgan fingerprint density at radius 1 is 1.26 bits per heavy atom. The zero-order valence-corrected chi connectivity index (χ0v) is 10.2. The van der Waals surface area contributed by atoms with Crippen molar-refractivity contribution in [2.75, 3.05) is 6.61 Å². The van der Waals surface area contributed by atoms with Crippen LogP contribution in [0.25, 0.3) is 5.52 Å². The highest BCUT2D eigenvalue weighted by atomic mass is 19.4. The molecule has 0 unspecified atom stereocenters. The molecule has 0 radical (unpaired) electrons. The van der Waals surface area contributed by atoms with Gasteiger partial charge < -0.3 is 4.74 Å². The molecule has 0 bridgehead atoms. The number of pyridine rings is 1. The molecule has 2 heterocycles. The molecule has 0 atom stereocenters. The summed E-state index contributed by atoms with van der Waals surface area (Å²) in [4.78, 5) is 0. The van der Waals surface area contributed by atoms with Gasteiger partial charge >= 0.3 is 6.18 Å². The molecule has 1 aliphatic carbocycles. The van der Waals surface area contributed by atoms with Gasteiger partial charge in [-0.25, -0.2) is 4.52 Å². The Hall–Kier alpha value is -1.72. The molecule has 2 aromatic heterocycles. The second-order valence-electron chi connectivity index (χ2n) is 4.74. The highest BCUT2D eigenvalue weighted by Gasteiger charge is 2.31. The first kappa shape index (κ1) is 12.3. The average molecular weight is 270 g/mol. The van der Waals surface area contributed by atoms with Gasteiger partial charge in [0.15, 0.2) is 0 Å². The van der Waals surface area contributed by atoms with Crippen LogP contribution in [0.3, 0.4) is 0 Å². The summed E-state index contributed by atoms with van der Waals surface area (Å²) in [6.07, 6.45) is -1.37. The van der Waals surface area contributed by atoms with Crippen LogP contribution in [0.15, 0.2) is 24.4 Å². The summed E-state index contributed by atoms with van der Waals surface area (Å²) in [5, 5.41) is 4.21. The number of alkyl halides is 3. The molecule has 6 heteroatoms. The predicted octanol–water partition coefficient (Wildman–Crippen LogP) is 3.54. The fourth-order valence-corrected chi connectivity index (χ4v) is 2.12. The number of aromatic nitrogens is 2. The van der Waals surface area contributed by atoms with Crippen LogP contribution >= 0.6 is 0 Å². The quantitative estimate of drug-likeness (QED) is 0.849. The van der Waals surface area contributed by atoms with Gasteiger partial charge in [-0.1, -0.05) is 0 Å². The predicted molar refractivity (Wildman–Crippen MR) is 63.3 cm³/mol. The number of hydrogen-bond donors (Lipinski definition) is 0. The van der Waals surface area contributed by atoms with Crippen LogP contribution in [-0.2, 0) is 0 Å². The second-order valence-corrected chi connectivity index (χ2v) is 4.74. The zero-order chi connectivity index (χ0) is 13.5. The van der Waals surface area contributed by atoms with Gasteiger partial charge in [-0.15, -0.1) is 0 Å². The minimum Gasteiger partial charge on any atom is -0.491 e. The van der Waals surface area contributed by atoms with E-state index in [0.29, 0.717) is 11.7 Å². The first-order valence-electron chi connectivity index (χ1n) is 6.21. The Morgan fingerprint density at radius 3 is 2.74 bits per heavy atom. The molecule has 0 spiro atoms. The van der Waals surface area contributed by atoms with Crippen molar-refractivity contribution < 1.29 is 17.9 Å². The van der Waals surface area contributed by atoms with Crippen molar-refractivity contribution >= 4 is 5.52 Å². The number of halogens is 3. The largest absolute Gasteiger partial charge is 0.491 e. The fraction of sp³-hybridized carbons (Fsp3) is 0.462. The fourth-order valence-electron chi connectivity index (χ4n) is 2.12. The topological polar surface area (TPSA) is 26.5 Å². The van der Waals surface area contributed by atoms with E-state index in [2.05, 4.69) is 5.10 Å². The highest BCUT2D eigenvalue weighted by Crippen LogP contribution is 2.44. The van der Waals surface area contributed by atoms with E-state index < -0.39 is 12.6 Å². The van der Waals surface area contributed by atoms with Crippen molar-refractivity contribution in [2.45, 2.75) is 31.4 Å². The highest BCUT2D eigenvalue weighted by molar-refractivity contribution is 5.51. The molecule has 1 saturated carbocycles. The van der Waals surface area contributed by atoms with Crippen LogP contribution < -0.4 is 4.74 Å². The molecule has 1 fully saturated rings. The molecule has 3 rings (SSSR count). The van der Waals surface area contributed by atoms with Crippen LogP contribution in [0.5, 0.6) is 5.75 Å². The van der Waals surface area contributed by atoms with Gasteiger partial charge in [-0.3, -0.25) is 0 Å². The Kier molecular flexibility index (Phi) is 2.88. The van der Waals surface area contributed by atoms with E-state index in [4.69, 9.17) is 4.74 Å². The Balaban J connectivity index is 1.84. The number of nitrogens with zero attached hydrogens (tertiary/aromatic N) is 2. The maximum atomic E-state index is 12.1. The van der Waals surface area contributed by atoms with Gasteiger partial charge in [0.25, 0.3) is 0 Å². The average Bonchev–Trinajstić information content (AvgIpc) is 3.04. The van der Waals surface area contributed by atoms with Gasteiger partial charge in [0.05, 0.1) is 24.2 Å². The molecule has 0 amide bonds. The summed E-state index contributed by atoms with van der Waals surface area (Å²) in [6, 6.07) is 5.41. The standard InChI is InChI=1S/C13H13F3N2O/c14-13(15,16)6-8-19-11-4-3-10-5-7-17-18(10)12(11)9-1-2-9/h3-5,7,9H,1-2,6,8H2. The van der Waals surface area contributed by atoms with Crippen LogP contribution in [-0.4, -0.2) is 22.4 Å². The summed E-state index contributed by atoms with van der Waals surface area (Å²) in [5.41, 5.74) is 1.83. The van der Waals surface area contributed by atoms with E-state index in [1.54, 1.807) is 16.8 Å². The van der Waals surface area contributed by atoms with E-state index in [0.717, 1.165) is 24.1 Å². The van der Waals surface area contributed by atoms with Crippen LogP contribution in [0.1, 0.15) is 30.9 Å². The molecular formula is C13H13F3N2O. The van der Waals surface area contributed by atoms with Gasteiger partial charge in [0, 0.05) is 12.1 Å². The van der Waals surface area contributed by atoms with E-state index in [9.17, 15) is 13.2 Å². The van der Waals surface area contributed by atoms with Gasteiger partial charge in [0.2, 0.25) is 0 Å². The minimum absolute atomic E-state index is 0.351. The summed E-state index contributed by atoms with van der Waals surface area (Å²) in [5.74, 6) is 0.868. The summed E-state index contributed by atoms with van der Waals surface area (Å²) in [6.45, 7) is -0.351. The lowest BCUT2D eigenvalue weighted by Crippen LogP contribution is -2.14. The second kappa shape index (κ2) is 4.43. The molecule has 3 nitrogen and oxygen atoms in total.